The third kappa shape index (κ3) is 1.83. The zero-order valence-corrected chi connectivity index (χ0v) is 8.03. The van der Waals surface area contributed by atoms with Crippen molar-refractivity contribution in [2.24, 2.45) is 0 Å². The molecule has 0 fully saturated rings. The number of fused-ring (bicyclic) bond motifs is 1. The molecule has 0 saturated carbocycles. The van der Waals surface area contributed by atoms with Gasteiger partial charge in [0.25, 0.3) is 0 Å². The average molecular weight is 218 g/mol. The number of benzene rings is 1. The smallest absolute Gasteiger partial charge is 0.222 e. The SMILES string of the molecule is O=[P+]1Oc2ccccc2O[P+](=O)O1. The van der Waals surface area contributed by atoms with Crippen LogP contribution in [0.5, 0.6) is 11.5 Å². The number of rotatable bonds is 0. The number of hydrogen-bond donors (Lipinski definition) is 0. The van der Waals surface area contributed by atoms with Gasteiger partial charge in [-0.25, -0.2) is 9.05 Å². The maximum Gasteiger partial charge on any atom is 0.801 e. The highest BCUT2D eigenvalue weighted by Gasteiger charge is 2.46. The topological polar surface area (TPSA) is 61.8 Å². The van der Waals surface area contributed by atoms with Gasteiger partial charge in [0, 0.05) is 9.13 Å². The first-order chi connectivity index (χ1) is 6.25. The Morgan fingerprint density at radius 2 is 1.38 bits per heavy atom. The van der Waals surface area contributed by atoms with Gasteiger partial charge in [-0.2, -0.15) is 0 Å². The summed E-state index contributed by atoms with van der Waals surface area (Å²) >= 11 is 0. The number of para-hydroxylation sites is 2. The first kappa shape index (κ1) is 8.57. The molecular weight excluding hydrogens is 214 g/mol. The second-order valence-corrected chi connectivity index (χ2v) is 4.07. The zero-order chi connectivity index (χ0) is 9.26. The van der Waals surface area contributed by atoms with Crippen LogP contribution in [0.1, 0.15) is 0 Å². The first-order valence-electron chi connectivity index (χ1n) is 3.33. The summed E-state index contributed by atoms with van der Waals surface area (Å²) in [6.45, 7) is 0. The molecule has 0 aliphatic carbocycles. The molecule has 0 bridgehead atoms. The molecule has 0 spiro atoms. The van der Waals surface area contributed by atoms with Crippen LogP contribution in [0, 0.1) is 0 Å². The average Bonchev–Trinajstić information content (AvgIpc) is 2.20. The van der Waals surface area contributed by atoms with Crippen molar-refractivity contribution >= 4 is 16.5 Å². The predicted molar refractivity (Wildman–Crippen MR) is 44.0 cm³/mol. The van der Waals surface area contributed by atoms with E-state index in [1.807, 2.05) is 0 Å². The van der Waals surface area contributed by atoms with Gasteiger partial charge in [0.05, 0.1) is 0 Å². The van der Waals surface area contributed by atoms with Crippen molar-refractivity contribution in [2.75, 3.05) is 0 Å². The van der Waals surface area contributed by atoms with Gasteiger partial charge in [-0.3, -0.25) is 0 Å². The molecule has 2 atom stereocenters. The van der Waals surface area contributed by atoms with Gasteiger partial charge < -0.3 is 0 Å². The van der Waals surface area contributed by atoms with Crippen LogP contribution in [-0.4, -0.2) is 0 Å². The van der Waals surface area contributed by atoms with Gasteiger partial charge in [0.1, 0.15) is 0 Å². The highest BCUT2D eigenvalue weighted by atomic mass is 31.2. The zero-order valence-electron chi connectivity index (χ0n) is 6.25. The van der Waals surface area contributed by atoms with Crippen molar-refractivity contribution in [1.29, 1.82) is 0 Å². The lowest BCUT2D eigenvalue weighted by molar-refractivity contribution is 0.401. The Morgan fingerprint density at radius 1 is 0.923 bits per heavy atom. The van der Waals surface area contributed by atoms with Crippen molar-refractivity contribution in [3.05, 3.63) is 24.3 Å². The quantitative estimate of drug-likeness (QED) is 0.626. The molecule has 1 aromatic rings. The summed E-state index contributed by atoms with van der Waals surface area (Å²) in [6, 6.07) is 6.48. The van der Waals surface area contributed by atoms with Crippen LogP contribution in [0.3, 0.4) is 0 Å². The Kier molecular flexibility index (Phi) is 2.23. The number of hydrogen-bond acceptors (Lipinski definition) is 5. The van der Waals surface area contributed by atoms with E-state index in [1.165, 1.54) is 0 Å². The van der Waals surface area contributed by atoms with Gasteiger partial charge in [-0.05, 0) is 12.1 Å². The molecule has 1 aromatic carbocycles. The minimum Gasteiger partial charge on any atom is -0.222 e. The maximum atomic E-state index is 10.9. The van der Waals surface area contributed by atoms with Crippen molar-refractivity contribution < 1.29 is 22.5 Å². The minimum atomic E-state index is -2.40. The third-order valence-electron chi connectivity index (χ3n) is 1.33. The molecule has 0 N–H and O–H groups in total. The van der Waals surface area contributed by atoms with Crippen LogP contribution in [0.25, 0.3) is 0 Å². The minimum absolute atomic E-state index is 0.268. The van der Waals surface area contributed by atoms with E-state index in [4.69, 9.17) is 9.05 Å². The summed E-state index contributed by atoms with van der Waals surface area (Å²) < 4.78 is 35.8. The molecule has 7 heteroatoms. The van der Waals surface area contributed by atoms with E-state index in [9.17, 15) is 9.13 Å². The van der Waals surface area contributed by atoms with E-state index in [0.717, 1.165) is 0 Å². The van der Waals surface area contributed by atoms with Crippen LogP contribution in [0.4, 0.5) is 0 Å². The molecule has 5 nitrogen and oxygen atoms in total. The maximum absolute atomic E-state index is 10.9. The van der Waals surface area contributed by atoms with E-state index in [-0.39, 0.29) is 11.5 Å². The molecule has 13 heavy (non-hydrogen) atoms. The highest BCUT2D eigenvalue weighted by Crippen LogP contribution is 2.48. The van der Waals surface area contributed by atoms with E-state index in [2.05, 4.69) is 4.31 Å². The Balaban J connectivity index is 2.43. The van der Waals surface area contributed by atoms with Crippen LogP contribution in [0.15, 0.2) is 24.3 Å². The van der Waals surface area contributed by atoms with Crippen LogP contribution >= 0.6 is 16.5 Å². The lowest BCUT2D eigenvalue weighted by atomic mass is 10.3. The van der Waals surface area contributed by atoms with Gasteiger partial charge in [0.15, 0.2) is 4.31 Å². The van der Waals surface area contributed by atoms with Gasteiger partial charge in [-0.15, -0.1) is 0 Å². The van der Waals surface area contributed by atoms with E-state index in [0.29, 0.717) is 0 Å². The van der Waals surface area contributed by atoms with Crippen molar-refractivity contribution in [3.63, 3.8) is 0 Å². The molecule has 1 heterocycles. The van der Waals surface area contributed by atoms with Gasteiger partial charge in [-0.1, -0.05) is 12.1 Å². The summed E-state index contributed by atoms with van der Waals surface area (Å²) in [5.41, 5.74) is 0. The fourth-order valence-electron chi connectivity index (χ4n) is 0.849. The molecule has 66 valence electrons. The fraction of sp³-hybridized carbons (Fsp3) is 0. The molecular formula is C6H4O5P2+2. The lowest BCUT2D eigenvalue weighted by Gasteiger charge is -1.90. The molecule has 2 rings (SSSR count). The summed E-state index contributed by atoms with van der Waals surface area (Å²) in [6.07, 6.45) is 0. The Labute approximate surface area is 75.5 Å². The molecule has 1 aliphatic heterocycles. The monoisotopic (exact) mass is 218 g/mol. The Hall–Kier alpha value is -1.02. The Bertz CT molecular complexity index is 342. The van der Waals surface area contributed by atoms with Gasteiger partial charge >= 0.3 is 16.5 Å². The summed E-state index contributed by atoms with van der Waals surface area (Å²) in [5, 5.41) is 0. The predicted octanol–water partition coefficient (Wildman–Crippen LogP) is 2.79. The van der Waals surface area contributed by atoms with Crippen molar-refractivity contribution in [1.82, 2.24) is 0 Å². The van der Waals surface area contributed by atoms with Crippen molar-refractivity contribution in [3.8, 4) is 11.5 Å². The highest BCUT2D eigenvalue weighted by molar-refractivity contribution is 7.48. The second-order valence-electron chi connectivity index (χ2n) is 2.16. The second kappa shape index (κ2) is 3.38. The molecule has 1 aliphatic rings. The standard InChI is InChI=1S/C6H4O5P2/c7-12-9-5-3-1-2-4-6(5)10-13(8)11-12/h1-4H/q+2. The summed E-state index contributed by atoms with van der Waals surface area (Å²) in [5.74, 6) is 0.536. The van der Waals surface area contributed by atoms with Crippen LogP contribution < -0.4 is 9.05 Å². The Morgan fingerprint density at radius 3 is 1.85 bits per heavy atom. The molecule has 0 amide bonds. The first-order valence-corrected chi connectivity index (χ1v) is 5.52. The normalized spacial score (nSPS) is 20.9. The molecule has 0 saturated heterocycles. The van der Waals surface area contributed by atoms with E-state index >= 15 is 0 Å². The summed E-state index contributed by atoms with van der Waals surface area (Å²) in [7, 11) is -4.81. The van der Waals surface area contributed by atoms with Crippen LogP contribution in [-0.2, 0) is 13.4 Å². The van der Waals surface area contributed by atoms with Crippen molar-refractivity contribution in [2.45, 2.75) is 0 Å². The molecule has 0 aromatic heterocycles. The van der Waals surface area contributed by atoms with E-state index in [1.54, 1.807) is 24.3 Å². The molecule has 0 radical (unpaired) electrons. The third-order valence-corrected chi connectivity index (χ3v) is 3.09. The molecule has 2 unspecified atom stereocenters. The summed E-state index contributed by atoms with van der Waals surface area (Å²) in [4.78, 5) is 0. The van der Waals surface area contributed by atoms with Gasteiger partial charge in [0.2, 0.25) is 11.5 Å². The van der Waals surface area contributed by atoms with Crippen LogP contribution in [0.2, 0.25) is 0 Å². The largest absolute Gasteiger partial charge is 0.801 e. The fourth-order valence-corrected chi connectivity index (χ4v) is 2.17. The van der Waals surface area contributed by atoms with E-state index < -0.39 is 16.5 Å². The lowest BCUT2D eigenvalue weighted by Crippen LogP contribution is -1.80.